The number of pyridine rings is 1. The summed E-state index contributed by atoms with van der Waals surface area (Å²) in [6.07, 6.45) is -2.03. The highest BCUT2D eigenvalue weighted by molar-refractivity contribution is 5.73. The number of hydrogen-bond acceptors (Lipinski definition) is 2. The Hall–Kier alpha value is -2.81. The summed E-state index contributed by atoms with van der Waals surface area (Å²) in [5, 5.41) is 9.08. The fourth-order valence-corrected chi connectivity index (χ4v) is 2.12. The fourth-order valence-electron chi connectivity index (χ4n) is 2.12. The Morgan fingerprint density at radius 1 is 1.14 bits per heavy atom. The predicted molar refractivity (Wildman–Crippen MR) is 70.3 cm³/mol. The summed E-state index contributed by atoms with van der Waals surface area (Å²) in [4.78, 5) is 3.58. The summed E-state index contributed by atoms with van der Waals surface area (Å²) in [5.74, 6) is 0. The Labute approximate surface area is 117 Å². The van der Waals surface area contributed by atoms with E-state index in [-0.39, 0.29) is 5.65 Å². The standard InChI is InChI=1S/C15H8F3N3/c16-15(17,18)13-9-21-6-5-10(7-14(21)20-13)12-4-2-1-3-11(12)8-19/h1-7,9H. The van der Waals surface area contributed by atoms with Gasteiger partial charge in [0.15, 0.2) is 5.69 Å². The lowest BCUT2D eigenvalue weighted by atomic mass is 10.0. The van der Waals surface area contributed by atoms with Gasteiger partial charge in [0.05, 0.1) is 11.6 Å². The zero-order valence-corrected chi connectivity index (χ0v) is 10.6. The van der Waals surface area contributed by atoms with Gasteiger partial charge in [0.1, 0.15) is 5.65 Å². The quantitative estimate of drug-likeness (QED) is 0.681. The Morgan fingerprint density at radius 2 is 1.90 bits per heavy atom. The molecule has 0 spiro atoms. The van der Waals surface area contributed by atoms with E-state index in [9.17, 15) is 13.2 Å². The van der Waals surface area contributed by atoms with Gasteiger partial charge in [-0.2, -0.15) is 18.4 Å². The van der Waals surface area contributed by atoms with Crippen LogP contribution in [0, 0.1) is 11.3 Å². The second-order valence-corrected chi connectivity index (χ2v) is 4.46. The first-order chi connectivity index (χ1) is 9.99. The maximum absolute atomic E-state index is 12.6. The molecule has 0 unspecified atom stereocenters. The molecular weight excluding hydrogens is 279 g/mol. The van der Waals surface area contributed by atoms with Crippen molar-refractivity contribution >= 4 is 5.65 Å². The highest BCUT2D eigenvalue weighted by Crippen LogP contribution is 2.30. The van der Waals surface area contributed by atoms with Gasteiger partial charge >= 0.3 is 6.18 Å². The van der Waals surface area contributed by atoms with Crippen molar-refractivity contribution < 1.29 is 13.2 Å². The second kappa shape index (κ2) is 4.63. The Bertz CT molecular complexity index is 856. The molecule has 3 aromatic rings. The van der Waals surface area contributed by atoms with Crippen molar-refractivity contribution in [3.63, 3.8) is 0 Å². The molecule has 104 valence electrons. The predicted octanol–water partition coefficient (Wildman–Crippen LogP) is 3.89. The van der Waals surface area contributed by atoms with Crippen LogP contribution in [0.15, 0.2) is 48.8 Å². The summed E-state index contributed by atoms with van der Waals surface area (Å²) in [6, 6.07) is 12.2. The van der Waals surface area contributed by atoms with Crippen LogP contribution in [0.4, 0.5) is 13.2 Å². The maximum Gasteiger partial charge on any atom is 0.434 e. The second-order valence-electron chi connectivity index (χ2n) is 4.46. The highest BCUT2D eigenvalue weighted by atomic mass is 19.4. The third kappa shape index (κ3) is 2.34. The molecule has 0 bridgehead atoms. The number of aromatic nitrogens is 2. The Morgan fingerprint density at radius 3 is 2.62 bits per heavy atom. The summed E-state index contributed by atoms with van der Waals surface area (Å²) in [5.41, 5.74) is 1.03. The SMILES string of the molecule is N#Cc1ccccc1-c1ccn2cc(C(F)(F)F)nc2c1. The first-order valence-corrected chi connectivity index (χ1v) is 6.04. The number of nitriles is 1. The molecule has 0 aliphatic rings. The molecule has 0 saturated carbocycles. The number of benzene rings is 1. The van der Waals surface area contributed by atoms with Gasteiger partial charge in [-0.05, 0) is 29.3 Å². The van der Waals surface area contributed by atoms with Crippen molar-refractivity contribution in [1.29, 1.82) is 5.26 Å². The van der Waals surface area contributed by atoms with Crippen LogP contribution in [0.2, 0.25) is 0 Å². The molecule has 3 rings (SSSR count). The number of nitrogens with zero attached hydrogens (tertiary/aromatic N) is 3. The van der Waals surface area contributed by atoms with Crippen LogP contribution in [0.3, 0.4) is 0 Å². The van der Waals surface area contributed by atoms with Crippen molar-refractivity contribution in [2.75, 3.05) is 0 Å². The minimum atomic E-state index is -4.48. The van der Waals surface area contributed by atoms with Crippen LogP contribution in [-0.4, -0.2) is 9.38 Å². The lowest BCUT2D eigenvalue weighted by molar-refractivity contribution is -0.140. The Balaban J connectivity index is 2.16. The van der Waals surface area contributed by atoms with E-state index in [4.69, 9.17) is 5.26 Å². The van der Waals surface area contributed by atoms with E-state index in [0.29, 0.717) is 16.7 Å². The third-order valence-electron chi connectivity index (χ3n) is 3.11. The molecule has 0 atom stereocenters. The van der Waals surface area contributed by atoms with Crippen molar-refractivity contribution in [1.82, 2.24) is 9.38 Å². The highest BCUT2D eigenvalue weighted by Gasteiger charge is 2.33. The van der Waals surface area contributed by atoms with E-state index in [2.05, 4.69) is 11.1 Å². The normalized spacial score (nSPS) is 11.5. The maximum atomic E-state index is 12.6. The molecule has 6 heteroatoms. The van der Waals surface area contributed by atoms with Crippen LogP contribution < -0.4 is 0 Å². The van der Waals surface area contributed by atoms with Crippen molar-refractivity contribution in [3.05, 3.63) is 60.0 Å². The van der Waals surface area contributed by atoms with E-state index in [1.165, 1.54) is 16.7 Å². The van der Waals surface area contributed by atoms with Gasteiger partial charge in [0, 0.05) is 12.4 Å². The molecule has 1 aromatic carbocycles. The van der Waals surface area contributed by atoms with E-state index >= 15 is 0 Å². The smallest absolute Gasteiger partial charge is 0.306 e. The van der Waals surface area contributed by atoms with Crippen LogP contribution in [0.5, 0.6) is 0 Å². The fraction of sp³-hybridized carbons (Fsp3) is 0.0667. The molecule has 3 nitrogen and oxygen atoms in total. The van der Waals surface area contributed by atoms with Gasteiger partial charge < -0.3 is 4.40 Å². The molecule has 2 aromatic heterocycles. The average molecular weight is 287 g/mol. The van der Waals surface area contributed by atoms with E-state index < -0.39 is 11.9 Å². The largest absolute Gasteiger partial charge is 0.434 e. The molecule has 0 saturated heterocycles. The van der Waals surface area contributed by atoms with Gasteiger partial charge in [0.25, 0.3) is 0 Å². The minimum absolute atomic E-state index is 0.188. The zero-order valence-electron chi connectivity index (χ0n) is 10.6. The van der Waals surface area contributed by atoms with Gasteiger partial charge in [-0.1, -0.05) is 18.2 Å². The number of fused-ring (bicyclic) bond motifs is 1. The number of imidazole rings is 1. The lowest BCUT2D eigenvalue weighted by Crippen LogP contribution is -2.04. The minimum Gasteiger partial charge on any atom is -0.306 e. The van der Waals surface area contributed by atoms with Gasteiger partial charge in [-0.25, -0.2) is 4.98 Å². The molecule has 0 amide bonds. The van der Waals surface area contributed by atoms with Crippen LogP contribution >= 0.6 is 0 Å². The number of alkyl halides is 3. The summed E-state index contributed by atoms with van der Waals surface area (Å²) < 4.78 is 39.3. The number of hydrogen-bond donors (Lipinski definition) is 0. The monoisotopic (exact) mass is 287 g/mol. The topological polar surface area (TPSA) is 41.1 Å². The van der Waals surface area contributed by atoms with E-state index in [1.54, 1.807) is 30.3 Å². The molecule has 21 heavy (non-hydrogen) atoms. The molecule has 0 fully saturated rings. The summed E-state index contributed by atoms with van der Waals surface area (Å²) in [6.45, 7) is 0. The zero-order chi connectivity index (χ0) is 15.0. The van der Waals surface area contributed by atoms with Crippen LogP contribution in [0.1, 0.15) is 11.3 Å². The molecule has 0 aliphatic carbocycles. The van der Waals surface area contributed by atoms with Gasteiger partial charge in [-0.15, -0.1) is 0 Å². The van der Waals surface area contributed by atoms with Crippen molar-refractivity contribution in [3.8, 4) is 17.2 Å². The number of rotatable bonds is 1. The molecule has 0 radical (unpaired) electrons. The first-order valence-electron chi connectivity index (χ1n) is 6.04. The summed E-state index contributed by atoms with van der Waals surface area (Å²) >= 11 is 0. The van der Waals surface area contributed by atoms with Crippen LogP contribution in [-0.2, 0) is 6.18 Å². The molecular formula is C15H8F3N3. The molecule has 0 N–H and O–H groups in total. The van der Waals surface area contributed by atoms with Crippen molar-refractivity contribution in [2.24, 2.45) is 0 Å². The van der Waals surface area contributed by atoms with Gasteiger partial charge in [0.2, 0.25) is 0 Å². The molecule has 0 aliphatic heterocycles. The van der Waals surface area contributed by atoms with Crippen LogP contribution in [0.25, 0.3) is 16.8 Å². The van der Waals surface area contributed by atoms with Gasteiger partial charge in [-0.3, -0.25) is 0 Å². The van der Waals surface area contributed by atoms with E-state index in [0.717, 1.165) is 6.20 Å². The average Bonchev–Trinajstić information content (AvgIpc) is 2.90. The third-order valence-corrected chi connectivity index (χ3v) is 3.11. The van der Waals surface area contributed by atoms with Crippen molar-refractivity contribution in [2.45, 2.75) is 6.18 Å². The number of halogens is 3. The lowest BCUT2D eigenvalue weighted by Gasteiger charge is -2.04. The molecule has 2 heterocycles. The Kier molecular flexibility index (Phi) is 2.91. The first kappa shape index (κ1) is 13.2. The van der Waals surface area contributed by atoms with E-state index in [1.807, 2.05) is 0 Å². The summed E-state index contributed by atoms with van der Waals surface area (Å²) in [7, 11) is 0.